The van der Waals surface area contributed by atoms with Crippen LogP contribution in [0.4, 0.5) is 0 Å². The van der Waals surface area contributed by atoms with Gasteiger partial charge in [0.05, 0.1) is 37.6 Å². The molecule has 1 amide bonds. The zero-order valence-electron chi connectivity index (χ0n) is 19.0. The fraction of sp³-hybridized carbons (Fsp3) is 0.545. The first kappa shape index (κ1) is 24.3. The van der Waals surface area contributed by atoms with Crippen molar-refractivity contribution in [2.75, 3.05) is 59.0 Å². The Bertz CT molecular complexity index is 1010. The number of morpholine rings is 1. The molecule has 1 aliphatic carbocycles. The van der Waals surface area contributed by atoms with Crippen molar-refractivity contribution >= 4 is 24.8 Å². The molecule has 180 valence electrons. The van der Waals surface area contributed by atoms with Crippen LogP contribution >= 0.6 is 18.9 Å². The third-order valence-electron chi connectivity index (χ3n) is 5.58. The van der Waals surface area contributed by atoms with Crippen LogP contribution in [0.5, 0.6) is 5.75 Å². The molecular formula is C22H30N3O6PS. The van der Waals surface area contributed by atoms with Crippen molar-refractivity contribution in [2.24, 2.45) is 0 Å². The van der Waals surface area contributed by atoms with Gasteiger partial charge in [-0.1, -0.05) is 0 Å². The van der Waals surface area contributed by atoms with Crippen LogP contribution in [0.1, 0.15) is 34.6 Å². The van der Waals surface area contributed by atoms with Gasteiger partial charge in [0.2, 0.25) is 0 Å². The van der Waals surface area contributed by atoms with E-state index in [1.54, 1.807) is 42.8 Å². The highest BCUT2D eigenvalue weighted by atomic mass is 32.1. The van der Waals surface area contributed by atoms with Crippen LogP contribution in [0.2, 0.25) is 0 Å². The Balaban J connectivity index is 1.50. The van der Waals surface area contributed by atoms with E-state index in [-0.39, 0.29) is 25.5 Å². The van der Waals surface area contributed by atoms with Crippen LogP contribution in [0.25, 0.3) is 11.3 Å². The summed E-state index contributed by atoms with van der Waals surface area (Å²) in [6.07, 6.45) is 0.416. The standard InChI is InChI=1S/C22H30N3O6PS/c1-3-30-32(27,31-4-2)15-29-18-6-5-16(17-13-19-21(20(17)18)24-14-33-19)22(26)23-7-8-25-9-11-28-12-10-25/h5-6,14H,3-4,7-13,15H2,1-2H3,(H,23,26). The fourth-order valence-corrected chi connectivity index (χ4v) is 6.15. The van der Waals surface area contributed by atoms with E-state index in [2.05, 4.69) is 15.2 Å². The molecule has 0 spiro atoms. The van der Waals surface area contributed by atoms with E-state index in [9.17, 15) is 9.36 Å². The highest BCUT2D eigenvalue weighted by molar-refractivity contribution is 7.53. The predicted octanol–water partition coefficient (Wildman–Crippen LogP) is 3.38. The zero-order chi connectivity index (χ0) is 23.3. The lowest BCUT2D eigenvalue weighted by Gasteiger charge is -2.26. The largest absolute Gasteiger partial charge is 0.480 e. The summed E-state index contributed by atoms with van der Waals surface area (Å²) in [7, 11) is -3.37. The summed E-state index contributed by atoms with van der Waals surface area (Å²) in [5.41, 5.74) is 4.88. The number of fused-ring (bicyclic) bond motifs is 3. The van der Waals surface area contributed by atoms with Gasteiger partial charge in [0.25, 0.3) is 5.91 Å². The monoisotopic (exact) mass is 495 g/mol. The minimum atomic E-state index is -3.37. The van der Waals surface area contributed by atoms with Gasteiger partial charge >= 0.3 is 7.60 Å². The van der Waals surface area contributed by atoms with Crippen LogP contribution < -0.4 is 10.1 Å². The molecule has 0 atom stereocenters. The molecule has 11 heteroatoms. The summed E-state index contributed by atoms with van der Waals surface area (Å²) in [6.45, 7) is 8.64. The van der Waals surface area contributed by atoms with Crippen LogP contribution in [0.15, 0.2) is 17.6 Å². The Morgan fingerprint density at radius 2 is 2.00 bits per heavy atom. The summed E-state index contributed by atoms with van der Waals surface area (Å²) in [4.78, 5) is 20.9. The summed E-state index contributed by atoms with van der Waals surface area (Å²) >= 11 is 1.55. The van der Waals surface area contributed by atoms with E-state index in [0.29, 0.717) is 24.3 Å². The highest BCUT2D eigenvalue weighted by Crippen LogP contribution is 2.50. The number of rotatable bonds is 11. The van der Waals surface area contributed by atoms with Gasteiger partial charge in [0.15, 0.2) is 6.35 Å². The Kier molecular flexibility index (Phi) is 8.16. The van der Waals surface area contributed by atoms with Crippen molar-refractivity contribution in [3.05, 3.63) is 33.6 Å². The first-order valence-electron chi connectivity index (χ1n) is 11.2. The lowest BCUT2D eigenvalue weighted by Crippen LogP contribution is -2.41. The van der Waals surface area contributed by atoms with Gasteiger partial charge in [0, 0.05) is 48.6 Å². The molecule has 2 heterocycles. The summed E-state index contributed by atoms with van der Waals surface area (Å²) in [5, 5.41) is 3.04. The second-order valence-electron chi connectivity index (χ2n) is 7.70. The normalized spacial score (nSPS) is 15.8. The van der Waals surface area contributed by atoms with Crippen molar-refractivity contribution in [1.82, 2.24) is 15.2 Å². The number of hydrogen-bond acceptors (Lipinski definition) is 9. The molecule has 9 nitrogen and oxygen atoms in total. The molecule has 2 aromatic rings. The average Bonchev–Trinajstić information content (AvgIpc) is 3.40. The van der Waals surface area contributed by atoms with E-state index in [0.717, 1.165) is 54.5 Å². The number of nitrogens with one attached hydrogen (secondary N) is 1. The molecule has 1 saturated heterocycles. The third kappa shape index (κ3) is 5.65. The lowest BCUT2D eigenvalue weighted by molar-refractivity contribution is 0.0383. The number of hydrogen-bond donors (Lipinski definition) is 1. The average molecular weight is 496 g/mol. The van der Waals surface area contributed by atoms with Crippen molar-refractivity contribution in [2.45, 2.75) is 20.3 Å². The van der Waals surface area contributed by atoms with Gasteiger partial charge in [-0.05, 0) is 31.5 Å². The number of ether oxygens (including phenoxy) is 2. The SMILES string of the molecule is CCOP(=O)(COc1ccc(C(=O)NCCN2CCOCC2)c2c1-c1ncsc1C2)OCC. The number of thiazole rings is 1. The molecule has 4 rings (SSSR count). The lowest BCUT2D eigenvalue weighted by atomic mass is 10.0. The second kappa shape index (κ2) is 11.1. The van der Waals surface area contributed by atoms with Gasteiger partial charge in [-0.2, -0.15) is 0 Å². The Labute approximate surface area is 197 Å². The van der Waals surface area contributed by atoms with Gasteiger partial charge in [-0.3, -0.25) is 14.3 Å². The Hall–Kier alpha value is -1.81. The number of aromatic nitrogens is 1. The maximum atomic E-state index is 13.0. The molecular weight excluding hydrogens is 465 g/mol. The zero-order valence-corrected chi connectivity index (χ0v) is 20.7. The van der Waals surface area contributed by atoms with Crippen LogP contribution in [0, 0.1) is 0 Å². The number of carbonyl (C=O) groups excluding carboxylic acids is 1. The molecule has 0 radical (unpaired) electrons. The molecule has 0 unspecified atom stereocenters. The van der Waals surface area contributed by atoms with Crippen molar-refractivity contribution < 1.29 is 27.9 Å². The molecule has 1 fully saturated rings. The topological polar surface area (TPSA) is 99.2 Å². The molecule has 33 heavy (non-hydrogen) atoms. The molecule has 1 aromatic carbocycles. The number of carbonyl (C=O) groups is 1. The van der Waals surface area contributed by atoms with Gasteiger partial charge in [0.1, 0.15) is 5.75 Å². The molecule has 0 saturated carbocycles. The minimum Gasteiger partial charge on any atom is -0.480 e. The van der Waals surface area contributed by atoms with E-state index in [1.165, 1.54) is 0 Å². The maximum absolute atomic E-state index is 13.0. The number of benzene rings is 1. The molecule has 0 bridgehead atoms. The molecule has 1 aromatic heterocycles. The first-order chi connectivity index (χ1) is 16.0. The van der Waals surface area contributed by atoms with E-state index >= 15 is 0 Å². The summed E-state index contributed by atoms with van der Waals surface area (Å²) < 4.78 is 34.8. The fourth-order valence-electron chi connectivity index (χ4n) is 4.06. The second-order valence-corrected chi connectivity index (χ2v) is 10.6. The van der Waals surface area contributed by atoms with E-state index in [4.69, 9.17) is 18.5 Å². The van der Waals surface area contributed by atoms with Crippen LogP contribution in [0.3, 0.4) is 0 Å². The molecule has 2 aliphatic rings. The quantitative estimate of drug-likeness (QED) is 0.404. The Morgan fingerprint density at radius 3 is 2.73 bits per heavy atom. The third-order valence-corrected chi connectivity index (χ3v) is 8.16. The van der Waals surface area contributed by atoms with Crippen molar-refractivity contribution in [1.29, 1.82) is 0 Å². The Morgan fingerprint density at radius 1 is 1.24 bits per heavy atom. The highest BCUT2D eigenvalue weighted by Gasteiger charge is 2.31. The number of nitrogens with zero attached hydrogens (tertiary/aromatic N) is 2. The van der Waals surface area contributed by atoms with Crippen LogP contribution in [-0.4, -0.2) is 74.7 Å². The van der Waals surface area contributed by atoms with Gasteiger partial charge in [-0.15, -0.1) is 11.3 Å². The van der Waals surface area contributed by atoms with Crippen molar-refractivity contribution in [3.63, 3.8) is 0 Å². The first-order valence-corrected chi connectivity index (χ1v) is 13.8. The number of amides is 1. The maximum Gasteiger partial charge on any atom is 0.367 e. The van der Waals surface area contributed by atoms with E-state index in [1.807, 2.05) is 0 Å². The molecule has 1 N–H and O–H groups in total. The summed E-state index contributed by atoms with van der Waals surface area (Å²) in [6, 6.07) is 3.51. The summed E-state index contributed by atoms with van der Waals surface area (Å²) in [5.74, 6) is 0.412. The minimum absolute atomic E-state index is 0.115. The molecule has 1 aliphatic heterocycles. The van der Waals surface area contributed by atoms with Crippen molar-refractivity contribution in [3.8, 4) is 17.0 Å². The van der Waals surface area contributed by atoms with Gasteiger partial charge in [-0.25, -0.2) is 4.98 Å². The van der Waals surface area contributed by atoms with Crippen LogP contribution in [-0.2, 0) is 24.8 Å². The van der Waals surface area contributed by atoms with Gasteiger partial charge < -0.3 is 23.8 Å². The van der Waals surface area contributed by atoms with E-state index < -0.39 is 7.60 Å². The predicted molar refractivity (Wildman–Crippen MR) is 126 cm³/mol. The smallest absolute Gasteiger partial charge is 0.367 e.